The van der Waals surface area contributed by atoms with Crippen molar-refractivity contribution < 1.29 is 0 Å². The van der Waals surface area contributed by atoms with Crippen LogP contribution >= 0.6 is 0 Å². The van der Waals surface area contributed by atoms with Gasteiger partial charge >= 0.3 is 0 Å². The van der Waals surface area contributed by atoms with Crippen molar-refractivity contribution >= 4 is 87.2 Å². The average Bonchev–Trinajstić information content (AvgIpc) is 4.30. The van der Waals surface area contributed by atoms with E-state index in [1.165, 1.54) is 43.6 Å². The van der Waals surface area contributed by atoms with Crippen molar-refractivity contribution in [3.63, 3.8) is 0 Å². The van der Waals surface area contributed by atoms with E-state index in [4.69, 9.17) is 0 Å². The summed E-state index contributed by atoms with van der Waals surface area (Å²) in [6.45, 7) is 0. The molecule has 370 valence electrons. The lowest BCUT2D eigenvalue weighted by Gasteiger charge is -2.19. The Morgan fingerprint density at radius 1 is 0.225 bits per heavy atom. The van der Waals surface area contributed by atoms with Gasteiger partial charge in [0.25, 0.3) is 0 Å². The number of nitrogens with zero attached hydrogens (tertiary/aromatic N) is 6. The molecule has 0 aliphatic rings. The number of fused-ring (bicyclic) bond motifs is 12. The maximum atomic E-state index is 10.6. The number of hydrogen-bond acceptors (Lipinski definition) is 2. The molecule has 16 rings (SSSR count). The summed E-state index contributed by atoms with van der Waals surface area (Å²) < 4.78 is 9.35. The molecule has 0 N–H and O–H groups in total. The van der Waals surface area contributed by atoms with Crippen molar-refractivity contribution in [3.05, 3.63) is 278 Å². The van der Waals surface area contributed by atoms with E-state index in [0.717, 1.165) is 99.7 Å². The smallest absolute Gasteiger partial charge is 0.0991 e. The van der Waals surface area contributed by atoms with E-state index in [9.17, 15) is 10.5 Å². The van der Waals surface area contributed by atoms with Crippen LogP contribution in [-0.2, 0) is 0 Å². The topological polar surface area (TPSA) is 67.3 Å². The minimum atomic E-state index is 0.528. The first-order chi connectivity index (χ1) is 39.6. The number of benzene rings is 12. The minimum Gasteiger partial charge on any atom is -0.309 e. The zero-order chi connectivity index (χ0) is 53.0. The molecule has 0 unspecified atom stereocenters. The molecular weight excluding hydrogens is 973 g/mol. The lowest BCUT2D eigenvalue weighted by molar-refractivity contribution is 1.16. The largest absolute Gasteiger partial charge is 0.309 e. The Hall–Kier alpha value is -11.2. The minimum absolute atomic E-state index is 0.528. The lowest BCUT2D eigenvalue weighted by atomic mass is 9.97. The lowest BCUT2D eigenvalue weighted by Crippen LogP contribution is -2.02. The summed E-state index contributed by atoms with van der Waals surface area (Å²) in [4.78, 5) is 0. The molecule has 0 saturated carbocycles. The number of aromatic nitrogens is 4. The quantitative estimate of drug-likeness (QED) is 0.160. The van der Waals surface area contributed by atoms with Crippen LogP contribution in [-0.4, -0.2) is 18.3 Å². The molecular formula is C74H44N6. The van der Waals surface area contributed by atoms with Crippen LogP contribution < -0.4 is 0 Å². The van der Waals surface area contributed by atoms with Crippen molar-refractivity contribution in [2.24, 2.45) is 0 Å². The van der Waals surface area contributed by atoms with Crippen LogP contribution in [0.2, 0.25) is 0 Å². The van der Waals surface area contributed by atoms with E-state index in [0.29, 0.717) is 11.1 Å². The second-order valence-corrected chi connectivity index (χ2v) is 20.7. The molecule has 4 heterocycles. The van der Waals surface area contributed by atoms with Crippen molar-refractivity contribution in [2.45, 2.75) is 0 Å². The van der Waals surface area contributed by atoms with Crippen LogP contribution in [0.5, 0.6) is 0 Å². The summed E-state index contributed by atoms with van der Waals surface area (Å²) in [6.07, 6.45) is 0. The Morgan fingerprint density at radius 2 is 0.500 bits per heavy atom. The Balaban J connectivity index is 0.822. The molecule has 0 saturated heterocycles. The number of para-hydroxylation sites is 6. The fourth-order valence-corrected chi connectivity index (χ4v) is 12.9. The van der Waals surface area contributed by atoms with Crippen molar-refractivity contribution in [2.75, 3.05) is 0 Å². The molecule has 16 aromatic rings. The van der Waals surface area contributed by atoms with Crippen LogP contribution in [0.25, 0.3) is 143 Å². The highest BCUT2D eigenvalue weighted by Crippen LogP contribution is 2.44. The molecule has 0 amide bonds. The fourth-order valence-electron chi connectivity index (χ4n) is 12.9. The second-order valence-electron chi connectivity index (χ2n) is 20.7. The highest BCUT2D eigenvalue weighted by molar-refractivity contribution is 6.14. The van der Waals surface area contributed by atoms with E-state index in [-0.39, 0.29) is 0 Å². The van der Waals surface area contributed by atoms with Crippen LogP contribution in [0.1, 0.15) is 11.1 Å². The number of rotatable bonds is 7. The predicted octanol–water partition coefficient (Wildman–Crippen LogP) is 18.8. The van der Waals surface area contributed by atoms with Crippen LogP contribution in [0.15, 0.2) is 267 Å². The molecule has 0 atom stereocenters. The maximum Gasteiger partial charge on any atom is 0.0991 e. The summed E-state index contributed by atoms with van der Waals surface area (Å²) in [7, 11) is 0. The van der Waals surface area contributed by atoms with Crippen LogP contribution in [0, 0.1) is 22.7 Å². The summed E-state index contributed by atoms with van der Waals surface area (Å²) in [5, 5.41) is 30.6. The second kappa shape index (κ2) is 17.7. The van der Waals surface area contributed by atoms with Crippen molar-refractivity contribution in [1.82, 2.24) is 18.3 Å². The zero-order valence-electron chi connectivity index (χ0n) is 43.1. The Morgan fingerprint density at radius 3 is 0.825 bits per heavy atom. The monoisotopic (exact) mass is 1020 g/mol. The number of nitriles is 2. The van der Waals surface area contributed by atoms with Gasteiger partial charge in [-0.05, 0) is 144 Å². The standard InChI is InChI=1S/C74H44N6/c75-45-47-25-37-71(79-69-23-11-5-17-59(69)63-43-51(31-39-73(63)79)49-27-33-53(34-28-49)77-65-19-7-1-13-55(65)56-14-2-8-20-66(56)77)61(41-47)62-42-48(46-76)26-38-72(62)80-70-24-12-6-18-60(70)64-44-52(32-40-74(64)80)50-29-35-54(36-30-50)78-67-21-9-3-15-57(67)58-16-4-10-22-68(58)78/h1-44H. The van der Waals surface area contributed by atoms with Gasteiger partial charge in [0.2, 0.25) is 0 Å². The van der Waals surface area contributed by atoms with Crippen LogP contribution in [0.3, 0.4) is 0 Å². The summed E-state index contributed by atoms with van der Waals surface area (Å²) in [5.74, 6) is 0. The van der Waals surface area contributed by atoms with Crippen molar-refractivity contribution in [3.8, 4) is 68.3 Å². The first kappa shape index (κ1) is 45.1. The number of hydrogen-bond donors (Lipinski definition) is 0. The highest BCUT2D eigenvalue weighted by Gasteiger charge is 2.23. The summed E-state index contributed by atoms with van der Waals surface area (Å²) in [6, 6.07) is 99.6. The van der Waals surface area contributed by atoms with E-state index in [1.807, 2.05) is 24.3 Å². The van der Waals surface area contributed by atoms with Gasteiger partial charge in [-0.3, -0.25) is 0 Å². The summed E-state index contributed by atoms with van der Waals surface area (Å²) >= 11 is 0. The Bertz CT molecular complexity index is 4880. The van der Waals surface area contributed by atoms with E-state index in [1.54, 1.807) is 0 Å². The van der Waals surface area contributed by atoms with Gasteiger partial charge < -0.3 is 18.3 Å². The summed E-state index contributed by atoms with van der Waals surface area (Å²) in [5.41, 5.74) is 20.1. The molecule has 0 fully saturated rings. The SMILES string of the molecule is N#Cc1ccc(-n2c3ccccc3c3cc(-c4ccc(-n5c6ccccc6c6ccccc65)cc4)ccc32)c(-c2cc(C#N)ccc2-n2c3ccccc3c3cc(-c4ccc(-n5c6ccccc6c6ccccc65)cc4)ccc32)c1. The van der Waals surface area contributed by atoms with Gasteiger partial charge in [0.1, 0.15) is 0 Å². The molecule has 80 heavy (non-hydrogen) atoms. The zero-order valence-corrected chi connectivity index (χ0v) is 43.1. The molecule has 0 aliphatic heterocycles. The normalized spacial score (nSPS) is 11.7. The molecule has 12 aromatic carbocycles. The maximum absolute atomic E-state index is 10.6. The molecule has 6 nitrogen and oxygen atoms in total. The molecule has 0 radical (unpaired) electrons. The van der Waals surface area contributed by atoms with Gasteiger partial charge in [0, 0.05) is 65.6 Å². The molecule has 0 spiro atoms. The fraction of sp³-hybridized carbons (Fsp3) is 0. The third-order valence-corrected chi connectivity index (χ3v) is 16.4. The molecule has 0 bridgehead atoms. The first-order valence-corrected chi connectivity index (χ1v) is 26.9. The molecule has 0 aliphatic carbocycles. The van der Waals surface area contributed by atoms with E-state index >= 15 is 0 Å². The third-order valence-electron chi connectivity index (χ3n) is 16.4. The predicted molar refractivity (Wildman–Crippen MR) is 330 cm³/mol. The molecule has 4 aromatic heterocycles. The van der Waals surface area contributed by atoms with E-state index < -0.39 is 0 Å². The van der Waals surface area contributed by atoms with Crippen molar-refractivity contribution in [1.29, 1.82) is 10.5 Å². The van der Waals surface area contributed by atoms with Crippen LogP contribution in [0.4, 0.5) is 0 Å². The average molecular weight is 1020 g/mol. The van der Waals surface area contributed by atoms with Gasteiger partial charge in [0.05, 0.1) is 78.8 Å². The highest BCUT2D eigenvalue weighted by atomic mass is 15.0. The van der Waals surface area contributed by atoms with Gasteiger partial charge in [-0.15, -0.1) is 0 Å². The van der Waals surface area contributed by atoms with Gasteiger partial charge in [-0.2, -0.15) is 10.5 Å². The van der Waals surface area contributed by atoms with Gasteiger partial charge in [-0.25, -0.2) is 0 Å². The Labute approximate surface area is 459 Å². The third kappa shape index (κ3) is 6.77. The van der Waals surface area contributed by atoms with E-state index in [2.05, 4.69) is 273 Å². The first-order valence-electron chi connectivity index (χ1n) is 26.9. The Kier molecular flexibility index (Phi) is 9.96. The molecule has 6 heteroatoms. The van der Waals surface area contributed by atoms with Gasteiger partial charge in [0.15, 0.2) is 0 Å². The van der Waals surface area contributed by atoms with Gasteiger partial charge in [-0.1, -0.05) is 146 Å².